The van der Waals surface area contributed by atoms with Gasteiger partial charge in [-0.25, -0.2) is 4.98 Å². The standard InChI is InChI=1S/C11H16F3N3S/c1-2-15-10-16-5-9(18-10)6-17(8-3-4-8)7-11(12,13)14/h5,8H,2-4,6-7H2,1H3,(H,15,16). The Morgan fingerprint density at radius 3 is 2.78 bits per heavy atom. The van der Waals surface area contributed by atoms with Crippen LogP contribution in [0.4, 0.5) is 18.3 Å². The minimum Gasteiger partial charge on any atom is -0.362 e. The molecular formula is C11H16F3N3S. The van der Waals surface area contributed by atoms with E-state index in [0.29, 0.717) is 6.54 Å². The highest BCUT2D eigenvalue weighted by Gasteiger charge is 2.38. The predicted molar refractivity (Wildman–Crippen MR) is 65.8 cm³/mol. The van der Waals surface area contributed by atoms with Crippen LogP contribution >= 0.6 is 11.3 Å². The molecule has 0 amide bonds. The second kappa shape index (κ2) is 5.44. The normalized spacial score (nSPS) is 16.3. The largest absolute Gasteiger partial charge is 0.401 e. The van der Waals surface area contributed by atoms with Crippen LogP contribution in [0.25, 0.3) is 0 Å². The third-order valence-corrected chi connectivity index (χ3v) is 3.63. The van der Waals surface area contributed by atoms with E-state index in [-0.39, 0.29) is 6.04 Å². The highest BCUT2D eigenvalue weighted by atomic mass is 32.1. The zero-order chi connectivity index (χ0) is 13.2. The van der Waals surface area contributed by atoms with Gasteiger partial charge in [0, 0.05) is 30.2 Å². The van der Waals surface area contributed by atoms with E-state index < -0.39 is 12.7 Å². The number of hydrogen-bond acceptors (Lipinski definition) is 4. The Labute approximate surface area is 108 Å². The van der Waals surface area contributed by atoms with Gasteiger partial charge in [0.25, 0.3) is 0 Å². The van der Waals surface area contributed by atoms with E-state index in [1.807, 2.05) is 6.92 Å². The van der Waals surface area contributed by atoms with Crippen LogP contribution in [0.1, 0.15) is 24.6 Å². The lowest BCUT2D eigenvalue weighted by molar-refractivity contribution is -0.148. The molecule has 0 aromatic carbocycles. The van der Waals surface area contributed by atoms with Gasteiger partial charge in [-0.15, -0.1) is 11.3 Å². The van der Waals surface area contributed by atoms with Crippen molar-refractivity contribution < 1.29 is 13.2 Å². The van der Waals surface area contributed by atoms with Crippen LogP contribution < -0.4 is 5.32 Å². The molecule has 0 aliphatic heterocycles. The van der Waals surface area contributed by atoms with Gasteiger partial charge in [0.2, 0.25) is 0 Å². The molecule has 1 aliphatic carbocycles. The van der Waals surface area contributed by atoms with E-state index in [9.17, 15) is 13.2 Å². The molecule has 1 aromatic rings. The molecule has 0 unspecified atom stereocenters. The number of nitrogens with one attached hydrogen (secondary N) is 1. The molecule has 1 saturated carbocycles. The first-order valence-electron chi connectivity index (χ1n) is 5.97. The monoisotopic (exact) mass is 279 g/mol. The van der Waals surface area contributed by atoms with Gasteiger partial charge in [-0.1, -0.05) is 0 Å². The van der Waals surface area contributed by atoms with Gasteiger partial charge in [-0.2, -0.15) is 13.2 Å². The summed E-state index contributed by atoms with van der Waals surface area (Å²) in [7, 11) is 0. The van der Waals surface area contributed by atoms with Crippen LogP contribution in [0, 0.1) is 0 Å². The lowest BCUT2D eigenvalue weighted by Gasteiger charge is -2.22. The molecule has 7 heteroatoms. The van der Waals surface area contributed by atoms with Crippen molar-refractivity contribution in [2.45, 2.75) is 38.5 Å². The second-order valence-corrected chi connectivity index (χ2v) is 5.53. The fourth-order valence-corrected chi connectivity index (χ4v) is 2.70. The van der Waals surface area contributed by atoms with Crippen molar-refractivity contribution in [3.63, 3.8) is 0 Å². The maximum absolute atomic E-state index is 12.5. The summed E-state index contributed by atoms with van der Waals surface area (Å²) in [5.41, 5.74) is 0. The maximum Gasteiger partial charge on any atom is 0.401 e. The fraction of sp³-hybridized carbons (Fsp3) is 0.727. The average molecular weight is 279 g/mol. The van der Waals surface area contributed by atoms with E-state index in [1.54, 1.807) is 6.20 Å². The Hall–Kier alpha value is -0.820. The lowest BCUT2D eigenvalue weighted by Crippen LogP contribution is -2.35. The molecular weight excluding hydrogens is 263 g/mol. The first kappa shape index (κ1) is 13.6. The van der Waals surface area contributed by atoms with E-state index in [4.69, 9.17) is 0 Å². The van der Waals surface area contributed by atoms with Gasteiger partial charge in [-0.3, -0.25) is 4.90 Å². The van der Waals surface area contributed by atoms with Crippen LogP contribution in [0.15, 0.2) is 6.20 Å². The number of nitrogens with zero attached hydrogens (tertiary/aromatic N) is 2. The average Bonchev–Trinajstić information content (AvgIpc) is 3.00. The summed E-state index contributed by atoms with van der Waals surface area (Å²) in [6, 6.07) is 0.0938. The van der Waals surface area contributed by atoms with Gasteiger partial charge in [-0.05, 0) is 19.8 Å². The van der Waals surface area contributed by atoms with Crippen molar-refractivity contribution >= 4 is 16.5 Å². The Balaban J connectivity index is 1.95. The molecule has 1 heterocycles. The summed E-state index contributed by atoms with van der Waals surface area (Å²) >= 11 is 1.43. The summed E-state index contributed by atoms with van der Waals surface area (Å²) in [5.74, 6) is 0. The number of halogens is 3. The molecule has 1 aromatic heterocycles. The zero-order valence-electron chi connectivity index (χ0n) is 10.1. The molecule has 1 N–H and O–H groups in total. The van der Waals surface area contributed by atoms with E-state index in [2.05, 4.69) is 10.3 Å². The number of thiazole rings is 1. The van der Waals surface area contributed by atoms with Crippen molar-refractivity contribution in [2.24, 2.45) is 0 Å². The third kappa shape index (κ3) is 4.13. The van der Waals surface area contributed by atoms with Crippen molar-refractivity contribution in [2.75, 3.05) is 18.4 Å². The van der Waals surface area contributed by atoms with Crippen molar-refractivity contribution in [3.05, 3.63) is 11.1 Å². The number of rotatable bonds is 6. The summed E-state index contributed by atoms with van der Waals surface area (Å²) in [6.07, 6.45) is -0.726. The SMILES string of the molecule is CCNc1ncc(CN(CC(F)(F)F)C2CC2)s1. The molecule has 102 valence electrons. The molecule has 0 radical (unpaired) electrons. The molecule has 3 nitrogen and oxygen atoms in total. The summed E-state index contributed by atoms with van der Waals surface area (Å²) in [6.45, 7) is 2.24. The second-order valence-electron chi connectivity index (χ2n) is 4.41. The molecule has 1 fully saturated rings. The third-order valence-electron chi connectivity index (χ3n) is 2.69. The summed E-state index contributed by atoms with van der Waals surface area (Å²) < 4.78 is 37.4. The van der Waals surface area contributed by atoms with Crippen LogP contribution in [-0.4, -0.2) is 35.2 Å². The molecule has 2 rings (SSSR count). The Bertz CT molecular complexity index is 387. The summed E-state index contributed by atoms with van der Waals surface area (Å²) in [4.78, 5) is 6.51. The van der Waals surface area contributed by atoms with Crippen molar-refractivity contribution in [3.8, 4) is 0 Å². The molecule has 0 spiro atoms. The van der Waals surface area contributed by atoms with E-state index in [0.717, 1.165) is 29.4 Å². The minimum absolute atomic E-state index is 0.0938. The summed E-state index contributed by atoms with van der Waals surface area (Å²) in [5, 5.41) is 3.83. The fourth-order valence-electron chi connectivity index (χ4n) is 1.80. The Kier molecular flexibility index (Phi) is 4.11. The van der Waals surface area contributed by atoms with Crippen LogP contribution in [0.2, 0.25) is 0 Å². The van der Waals surface area contributed by atoms with Crippen LogP contribution in [0.5, 0.6) is 0 Å². The van der Waals surface area contributed by atoms with Crippen LogP contribution in [-0.2, 0) is 6.54 Å². The topological polar surface area (TPSA) is 28.2 Å². The van der Waals surface area contributed by atoms with Gasteiger partial charge < -0.3 is 5.32 Å². The van der Waals surface area contributed by atoms with Crippen molar-refractivity contribution in [1.82, 2.24) is 9.88 Å². The first-order chi connectivity index (χ1) is 8.48. The Morgan fingerprint density at radius 2 is 2.22 bits per heavy atom. The Morgan fingerprint density at radius 1 is 1.50 bits per heavy atom. The van der Waals surface area contributed by atoms with E-state index >= 15 is 0 Å². The quantitative estimate of drug-likeness (QED) is 0.867. The molecule has 18 heavy (non-hydrogen) atoms. The predicted octanol–water partition coefficient (Wildman–Crippen LogP) is 3.10. The minimum atomic E-state index is -4.13. The van der Waals surface area contributed by atoms with Crippen molar-refractivity contribution in [1.29, 1.82) is 0 Å². The van der Waals surface area contributed by atoms with Crippen LogP contribution in [0.3, 0.4) is 0 Å². The van der Waals surface area contributed by atoms with Gasteiger partial charge >= 0.3 is 6.18 Å². The molecule has 0 bridgehead atoms. The van der Waals surface area contributed by atoms with Gasteiger partial charge in [0.05, 0.1) is 6.54 Å². The highest BCUT2D eigenvalue weighted by molar-refractivity contribution is 7.15. The molecule has 0 atom stereocenters. The zero-order valence-corrected chi connectivity index (χ0v) is 10.9. The maximum atomic E-state index is 12.5. The lowest BCUT2D eigenvalue weighted by atomic mass is 10.4. The molecule has 1 aliphatic rings. The number of alkyl halides is 3. The highest BCUT2D eigenvalue weighted by Crippen LogP contribution is 2.32. The molecule has 0 saturated heterocycles. The number of hydrogen-bond donors (Lipinski definition) is 1. The first-order valence-corrected chi connectivity index (χ1v) is 6.79. The van der Waals surface area contributed by atoms with Gasteiger partial charge in [0.1, 0.15) is 0 Å². The van der Waals surface area contributed by atoms with Gasteiger partial charge in [0.15, 0.2) is 5.13 Å². The van der Waals surface area contributed by atoms with E-state index in [1.165, 1.54) is 16.2 Å². The number of anilines is 1. The number of aromatic nitrogens is 1. The smallest absolute Gasteiger partial charge is 0.362 e.